The van der Waals surface area contributed by atoms with Crippen molar-refractivity contribution in [3.05, 3.63) is 47.8 Å². The third-order valence-electron chi connectivity index (χ3n) is 4.23. The molecule has 0 aromatic carbocycles. The molecule has 2 aromatic rings. The van der Waals surface area contributed by atoms with Crippen molar-refractivity contribution in [3.63, 3.8) is 0 Å². The van der Waals surface area contributed by atoms with Crippen LogP contribution in [0.3, 0.4) is 0 Å². The maximum atomic E-state index is 11.8. The Labute approximate surface area is 140 Å². The van der Waals surface area contributed by atoms with Crippen LogP contribution in [-0.4, -0.2) is 24.9 Å². The van der Waals surface area contributed by atoms with Gasteiger partial charge in [0.15, 0.2) is 5.76 Å². The molecule has 2 N–H and O–H groups in total. The van der Waals surface area contributed by atoms with Gasteiger partial charge in [-0.1, -0.05) is 6.92 Å². The van der Waals surface area contributed by atoms with Crippen molar-refractivity contribution in [2.24, 2.45) is 5.92 Å². The minimum atomic E-state index is -0.285. The highest BCUT2D eigenvalue weighted by Crippen LogP contribution is 2.47. The minimum Gasteiger partial charge on any atom is -0.466 e. The van der Waals surface area contributed by atoms with Crippen molar-refractivity contribution >= 4 is 11.8 Å². The van der Waals surface area contributed by atoms with Crippen molar-refractivity contribution in [2.75, 3.05) is 13.1 Å². The molecule has 1 saturated carbocycles. The number of carbonyl (C=O) groups is 2. The molecule has 0 unspecified atom stereocenters. The number of hydrogen-bond acceptors (Lipinski definition) is 4. The van der Waals surface area contributed by atoms with Crippen LogP contribution < -0.4 is 10.6 Å². The Morgan fingerprint density at radius 1 is 1.21 bits per heavy atom. The van der Waals surface area contributed by atoms with Gasteiger partial charge in [0.05, 0.1) is 6.26 Å². The monoisotopic (exact) mass is 330 g/mol. The van der Waals surface area contributed by atoms with Crippen LogP contribution in [0.4, 0.5) is 0 Å². The zero-order valence-corrected chi connectivity index (χ0v) is 13.7. The van der Waals surface area contributed by atoms with Crippen molar-refractivity contribution in [3.8, 4) is 0 Å². The van der Waals surface area contributed by atoms with Gasteiger partial charge in [0.1, 0.15) is 11.5 Å². The highest BCUT2D eigenvalue weighted by molar-refractivity contribution is 5.91. The Hall–Kier alpha value is -2.50. The highest BCUT2D eigenvalue weighted by Gasteiger charge is 2.36. The van der Waals surface area contributed by atoms with E-state index < -0.39 is 0 Å². The SMILES string of the molecule is C[C@@H]1C[C@@H]1c1ccc(CCC(=O)NCCNC(=O)c2ccco2)o1. The molecular formula is C18H22N2O4. The molecule has 24 heavy (non-hydrogen) atoms. The lowest BCUT2D eigenvalue weighted by Gasteiger charge is -2.05. The molecule has 128 valence electrons. The Kier molecular flexibility index (Phi) is 5.03. The quantitative estimate of drug-likeness (QED) is 0.728. The lowest BCUT2D eigenvalue weighted by molar-refractivity contribution is -0.121. The number of rotatable bonds is 8. The molecule has 1 aliphatic rings. The second-order valence-corrected chi connectivity index (χ2v) is 6.21. The lowest BCUT2D eigenvalue weighted by Crippen LogP contribution is -2.34. The molecule has 0 bridgehead atoms. The molecule has 2 heterocycles. The van der Waals surface area contributed by atoms with E-state index in [9.17, 15) is 9.59 Å². The van der Waals surface area contributed by atoms with Crippen molar-refractivity contribution in [2.45, 2.75) is 32.1 Å². The molecule has 0 aliphatic heterocycles. The van der Waals surface area contributed by atoms with Gasteiger partial charge in [0.25, 0.3) is 5.91 Å². The molecule has 0 spiro atoms. The van der Waals surface area contributed by atoms with Gasteiger partial charge >= 0.3 is 0 Å². The van der Waals surface area contributed by atoms with E-state index in [2.05, 4.69) is 17.6 Å². The third-order valence-corrected chi connectivity index (χ3v) is 4.23. The van der Waals surface area contributed by atoms with Crippen molar-refractivity contribution in [1.82, 2.24) is 10.6 Å². The summed E-state index contributed by atoms with van der Waals surface area (Å²) in [5.41, 5.74) is 0. The first-order chi connectivity index (χ1) is 11.6. The summed E-state index contributed by atoms with van der Waals surface area (Å²) in [4.78, 5) is 23.4. The first-order valence-corrected chi connectivity index (χ1v) is 8.30. The fourth-order valence-corrected chi connectivity index (χ4v) is 2.64. The van der Waals surface area contributed by atoms with Gasteiger partial charge in [-0.2, -0.15) is 0 Å². The Bertz CT molecular complexity index is 690. The highest BCUT2D eigenvalue weighted by atomic mass is 16.3. The predicted octanol–water partition coefficient (Wildman–Crippen LogP) is 2.47. The summed E-state index contributed by atoms with van der Waals surface area (Å²) in [5.74, 6) is 3.09. The van der Waals surface area contributed by atoms with Crippen molar-refractivity contribution in [1.29, 1.82) is 0 Å². The van der Waals surface area contributed by atoms with E-state index in [4.69, 9.17) is 8.83 Å². The van der Waals surface area contributed by atoms with Gasteiger partial charge in [0, 0.05) is 31.8 Å². The average molecular weight is 330 g/mol. The number of nitrogens with one attached hydrogen (secondary N) is 2. The Morgan fingerprint density at radius 3 is 2.71 bits per heavy atom. The molecule has 2 amide bonds. The molecule has 1 aliphatic carbocycles. The molecule has 2 aromatic heterocycles. The van der Waals surface area contributed by atoms with Gasteiger partial charge in [0.2, 0.25) is 5.91 Å². The summed E-state index contributed by atoms with van der Waals surface area (Å²) in [6.07, 6.45) is 3.60. The van der Waals surface area contributed by atoms with E-state index in [0.29, 0.717) is 37.8 Å². The summed E-state index contributed by atoms with van der Waals surface area (Å²) in [7, 11) is 0. The van der Waals surface area contributed by atoms with Crippen molar-refractivity contribution < 1.29 is 18.4 Å². The van der Waals surface area contributed by atoms with Gasteiger partial charge in [-0.05, 0) is 36.6 Å². The van der Waals surface area contributed by atoms with Crippen LogP contribution in [0.1, 0.15) is 47.8 Å². The van der Waals surface area contributed by atoms with Gasteiger partial charge in [-0.25, -0.2) is 0 Å². The van der Waals surface area contributed by atoms with E-state index in [1.807, 2.05) is 12.1 Å². The van der Waals surface area contributed by atoms with E-state index in [-0.39, 0.29) is 17.6 Å². The molecule has 6 heteroatoms. The van der Waals surface area contributed by atoms with Crippen LogP contribution in [0.5, 0.6) is 0 Å². The molecule has 3 rings (SSSR count). The fraction of sp³-hybridized carbons (Fsp3) is 0.444. The number of furan rings is 2. The summed E-state index contributed by atoms with van der Waals surface area (Å²) >= 11 is 0. The van der Waals surface area contributed by atoms with Gasteiger partial charge < -0.3 is 19.5 Å². The van der Waals surface area contributed by atoms with Crippen LogP contribution in [0.15, 0.2) is 39.4 Å². The summed E-state index contributed by atoms with van der Waals surface area (Å²) in [6.45, 7) is 2.95. The number of amides is 2. The standard InChI is InChI=1S/C18H22N2O4/c1-12-11-14(12)15-6-4-13(24-15)5-7-17(21)19-8-9-20-18(22)16-3-2-10-23-16/h2-4,6,10,12,14H,5,7-9,11H2,1H3,(H,19,21)(H,20,22)/t12-,14+/m1/s1. The van der Waals surface area contributed by atoms with Crippen LogP contribution in [0.25, 0.3) is 0 Å². The molecule has 6 nitrogen and oxygen atoms in total. The number of carbonyl (C=O) groups excluding carboxylic acids is 2. The van der Waals surface area contributed by atoms with E-state index in [1.165, 1.54) is 12.7 Å². The molecule has 2 atom stereocenters. The summed E-state index contributed by atoms with van der Waals surface area (Å²) in [5, 5.41) is 5.45. The van der Waals surface area contributed by atoms with Crippen LogP contribution in [-0.2, 0) is 11.2 Å². The van der Waals surface area contributed by atoms with E-state index in [1.54, 1.807) is 12.1 Å². The number of aryl methyl sites for hydroxylation is 1. The molecule has 0 saturated heterocycles. The zero-order valence-electron chi connectivity index (χ0n) is 13.7. The topological polar surface area (TPSA) is 84.5 Å². The zero-order chi connectivity index (χ0) is 16.9. The predicted molar refractivity (Wildman–Crippen MR) is 87.6 cm³/mol. The van der Waals surface area contributed by atoms with E-state index in [0.717, 1.165) is 11.5 Å². The van der Waals surface area contributed by atoms with Gasteiger partial charge in [-0.3, -0.25) is 9.59 Å². The number of hydrogen-bond donors (Lipinski definition) is 2. The normalized spacial score (nSPS) is 19.0. The summed E-state index contributed by atoms with van der Waals surface area (Å²) < 4.78 is 10.8. The van der Waals surface area contributed by atoms with Gasteiger partial charge in [-0.15, -0.1) is 0 Å². The van der Waals surface area contributed by atoms with Crippen LogP contribution in [0.2, 0.25) is 0 Å². The maximum absolute atomic E-state index is 11.8. The lowest BCUT2D eigenvalue weighted by atomic mass is 10.2. The minimum absolute atomic E-state index is 0.0556. The van der Waals surface area contributed by atoms with Crippen LogP contribution in [0, 0.1) is 5.92 Å². The first-order valence-electron chi connectivity index (χ1n) is 8.30. The second-order valence-electron chi connectivity index (χ2n) is 6.21. The Morgan fingerprint density at radius 2 is 2.00 bits per heavy atom. The van der Waals surface area contributed by atoms with E-state index >= 15 is 0 Å². The molecule has 1 fully saturated rings. The fourth-order valence-electron chi connectivity index (χ4n) is 2.64. The van der Waals surface area contributed by atoms with Crippen LogP contribution >= 0.6 is 0 Å². The molecule has 0 radical (unpaired) electrons. The third kappa shape index (κ3) is 4.28. The largest absolute Gasteiger partial charge is 0.466 e. The Balaban J connectivity index is 1.30. The molecular weight excluding hydrogens is 308 g/mol. The summed E-state index contributed by atoms with van der Waals surface area (Å²) in [6, 6.07) is 7.22. The average Bonchev–Trinajstić information content (AvgIpc) is 3.03. The smallest absolute Gasteiger partial charge is 0.287 e. The first kappa shape index (κ1) is 16.4. The second kappa shape index (κ2) is 7.38. The maximum Gasteiger partial charge on any atom is 0.287 e.